The number of rotatable bonds is 6. The van der Waals surface area contributed by atoms with E-state index in [1.165, 1.54) is 0 Å². The Kier molecular flexibility index (Phi) is 6.63. The highest BCUT2D eigenvalue weighted by Gasteiger charge is 2.82. The maximum absolute atomic E-state index is 14.3. The molecule has 1 heterocycles. The van der Waals surface area contributed by atoms with Crippen molar-refractivity contribution in [2.75, 3.05) is 19.4 Å². The van der Waals surface area contributed by atoms with Gasteiger partial charge < -0.3 is 5.11 Å². The molecule has 10 atom stereocenters. The standard InChI is InChI=1S/C33H40ClNO7S/c1-19-11-26-27-13-21-12-22-17-35(16-20-5-7-23(34)8-6-20)42-33(22,29(38)18-41-43(4,39)40)31(21,3)15-28(37)32(26,27)30(2)10-9-24(36)14-25(19)30/h5-10,14,19,21-22,26-28,37H,11-13,15-18H2,1-4H3/t19-,21-,22-,26?,27?,28-,30-,31-,32-,33-/m0/s1. The van der Waals surface area contributed by atoms with Crippen LogP contribution in [0, 0.1) is 45.8 Å². The molecule has 4 saturated carbocycles. The van der Waals surface area contributed by atoms with Crippen molar-refractivity contribution < 1.29 is 32.1 Å². The molecule has 5 fully saturated rings. The first kappa shape index (κ1) is 29.8. The van der Waals surface area contributed by atoms with Crippen LogP contribution in [-0.4, -0.2) is 61.3 Å². The highest BCUT2D eigenvalue weighted by Crippen LogP contribution is 2.83. The summed E-state index contributed by atoms with van der Waals surface area (Å²) in [5.41, 5.74) is -0.874. The maximum Gasteiger partial charge on any atom is 0.264 e. The van der Waals surface area contributed by atoms with Crippen LogP contribution < -0.4 is 0 Å². The number of aliphatic hydroxyl groups excluding tert-OH is 1. The molecule has 6 aliphatic rings. The van der Waals surface area contributed by atoms with E-state index in [9.17, 15) is 23.1 Å². The predicted molar refractivity (Wildman–Crippen MR) is 160 cm³/mol. The summed E-state index contributed by atoms with van der Waals surface area (Å²) < 4.78 is 29.0. The van der Waals surface area contributed by atoms with Crippen LogP contribution in [0.25, 0.3) is 0 Å². The fourth-order valence-corrected chi connectivity index (χ4v) is 11.3. The summed E-state index contributed by atoms with van der Waals surface area (Å²) in [5, 5.41) is 14.8. The van der Waals surface area contributed by atoms with Gasteiger partial charge in [-0.2, -0.15) is 13.5 Å². The van der Waals surface area contributed by atoms with E-state index < -0.39 is 50.5 Å². The van der Waals surface area contributed by atoms with E-state index in [0.717, 1.165) is 36.7 Å². The largest absolute Gasteiger partial charge is 0.392 e. The van der Waals surface area contributed by atoms with E-state index >= 15 is 0 Å². The number of allylic oxidation sites excluding steroid dienone is 4. The molecule has 0 amide bonds. The molecule has 1 saturated heterocycles. The molecular formula is C33H40ClNO7S. The molecule has 1 N–H and O–H groups in total. The molecule has 0 bridgehead atoms. The van der Waals surface area contributed by atoms with Crippen LogP contribution in [0.2, 0.25) is 5.02 Å². The van der Waals surface area contributed by atoms with E-state index in [1.807, 2.05) is 35.4 Å². The number of Topliss-reactive ketones (excluding diaryl/α,β-unsaturated/α-hetero) is 1. The average molecular weight is 630 g/mol. The van der Waals surface area contributed by atoms with Gasteiger partial charge in [0.05, 0.1) is 12.4 Å². The predicted octanol–water partition coefficient (Wildman–Crippen LogP) is 4.51. The number of hydroxylamine groups is 2. The van der Waals surface area contributed by atoms with Crippen LogP contribution in [0.4, 0.5) is 0 Å². The van der Waals surface area contributed by atoms with Gasteiger partial charge in [-0.25, -0.2) is 0 Å². The fourth-order valence-electron chi connectivity index (χ4n) is 10.9. The van der Waals surface area contributed by atoms with E-state index in [0.29, 0.717) is 30.5 Å². The molecule has 1 aromatic carbocycles. The van der Waals surface area contributed by atoms with Crippen molar-refractivity contribution in [3.05, 3.63) is 58.7 Å². The Morgan fingerprint density at radius 1 is 1.14 bits per heavy atom. The monoisotopic (exact) mass is 629 g/mol. The molecule has 43 heavy (non-hydrogen) atoms. The topological polar surface area (TPSA) is 110 Å². The minimum absolute atomic E-state index is 0.00304. The summed E-state index contributed by atoms with van der Waals surface area (Å²) in [4.78, 5) is 33.5. The summed E-state index contributed by atoms with van der Waals surface area (Å²) in [6, 6.07) is 7.48. The third kappa shape index (κ3) is 4.04. The first-order valence-corrected chi connectivity index (χ1v) is 17.5. The van der Waals surface area contributed by atoms with Crippen LogP contribution in [0.5, 0.6) is 0 Å². The third-order valence-corrected chi connectivity index (χ3v) is 13.3. The SMILES string of the molecule is C[C@H]1CC2C3C[C@@H]4C[C@H]5CN(Cc6ccc(Cl)cc6)O[C@@]5(C(=O)COS(C)(=O)=O)[C@@]4(C)C[C@H](O)[C@@]32[C@@]2(C)C=CC(=O)C=C12. The van der Waals surface area contributed by atoms with Gasteiger partial charge in [0, 0.05) is 40.3 Å². The van der Waals surface area contributed by atoms with Gasteiger partial charge in [0.15, 0.2) is 17.2 Å². The Morgan fingerprint density at radius 2 is 1.84 bits per heavy atom. The Morgan fingerprint density at radius 3 is 2.53 bits per heavy atom. The zero-order chi connectivity index (χ0) is 30.7. The molecular weight excluding hydrogens is 590 g/mol. The van der Waals surface area contributed by atoms with Crippen LogP contribution in [0.15, 0.2) is 48.1 Å². The number of aliphatic hydroxyl groups is 1. The number of carbonyl (C=O) groups is 2. The number of hydrogen-bond acceptors (Lipinski definition) is 8. The molecule has 10 heteroatoms. The Hall–Kier alpha value is -1.88. The Labute approximate surface area is 258 Å². The minimum atomic E-state index is -3.86. The molecule has 1 aliphatic heterocycles. The van der Waals surface area contributed by atoms with Gasteiger partial charge in [0.2, 0.25) is 0 Å². The zero-order valence-corrected chi connectivity index (χ0v) is 26.7. The number of ketones is 2. The minimum Gasteiger partial charge on any atom is -0.392 e. The number of hydrogen-bond donors (Lipinski definition) is 1. The van der Waals surface area contributed by atoms with Crippen LogP contribution in [0.3, 0.4) is 0 Å². The number of nitrogens with zero attached hydrogens (tertiary/aromatic N) is 1. The van der Waals surface area contributed by atoms with Crippen molar-refractivity contribution in [3.8, 4) is 0 Å². The molecule has 8 nitrogen and oxygen atoms in total. The van der Waals surface area contributed by atoms with Crippen molar-refractivity contribution in [3.63, 3.8) is 0 Å². The van der Waals surface area contributed by atoms with Crippen molar-refractivity contribution in [1.82, 2.24) is 5.06 Å². The molecule has 1 aromatic rings. The highest BCUT2D eigenvalue weighted by atomic mass is 35.5. The lowest BCUT2D eigenvalue weighted by atomic mass is 9.55. The smallest absolute Gasteiger partial charge is 0.264 e. The lowest BCUT2D eigenvalue weighted by Crippen LogP contribution is -2.58. The van der Waals surface area contributed by atoms with Crippen LogP contribution in [-0.2, 0) is 35.3 Å². The van der Waals surface area contributed by atoms with Crippen molar-refractivity contribution in [1.29, 1.82) is 0 Å². The summed E-state index contributed by atoms with van der Waals surface area (Å²) in [6.07, 6.45) is 8.56. The lowest BCUT2D eigenvalue weighted by Gasteiger charge is -2.51. The molecule has 0 radical (unpaired) electrons. The van der Waals surface area contributed by atoms with Crippen LogP contribution >= 0.6 is 11.6 Å². The van der Waals surface area contributed by atoms with Crippen molar-refractivity contribution >= 4 is 33.3 Å². The Bertz CT molecular complexity index is 1560. The highest BCUT2D eigenvalue weighted by molar-refractivity contribution is 7.86. The summed E-state index contributed by atoms with van der Waals surface area (Å²) in [7, 11) is -3.86. The second kappa shape index (κ2) is 9.56. The molecule has 5 aliphatic carbocycles. The third-order valence-electron chi connectivity index (χ3n) is 12.5. The van der Waals surface area contributed by atoms with Gasteiger partial charge in [-0.1, -0.05) is 56.2 Å². The van der Waals surface area contributed by atoms with Gasteiger partial charge >= 0.3 is 0 Å². The van der Waals surface area contributed by atoms with E-state index in [-0.39, 0.29) is 29.5 Å². The Balaban J connectivity index is 1.26. The van der Waals surface area contributed by atoms with Crippen molar-refractivity contribution in [2.45, 2.75) is 64.7 Å². The molecule has 232 valence electrons. The summed E-state index contributed by atoms with van der Waals surface area (Å²) in [5.74, 6) is 0.382. The number of benzene rings is 1. The molecule has 1 spiro atoms. The number of carbonyl (C=O) groups excluding carboxylic acids is 2. The first-order valence-electron chi connectivity index (χ1n) is 15.4. The number of fused-ring (bicyclic) bond motifs is 5. The van der Waals surface area contributed by atoms with Crippen molar-refractivity contribution in [2.24, 2.45) is 45.8 Å². The second-order valence-corrected chi connectivity index (χ2v) is 16.6. The summed E-state index contributed by atoms with van der Waals surface area (Å²) >= 11 is 6.10. The molecule has 0 aromatic heterocycles. The van der Waals surface area contributed by atoms with Gasteiger partial charge in [0.1, 0.15) is 6.61 Å². The second-order valence-electron chi connectivity index (χ2n) is 14.5. The fraction of sp³-hybridized carbons (Fsp3) is 0.636. The first-order chi connectivity index (χ1) is 20.2. The van der Waals surface area contributed by atoms with Gasteiger partial charge in [-0.05, 0) is 79.2 Å². The summed E-state index contributed by atoms with van der Waals surface area (Å²) in [6.45, 7) is 6.79. The lowest BCUT2D eigenvalue weighted by molar-refractivity contribution is -0.241. The van der Waals surface area contributed by atoms with E-state index in [2.05, 4.69) is 20.8 Å². The van der Waals surface area contributed by atoms with E-state index in [1.54, 1.807) is 12.2 Å². The molecule has 7 rings (SSSR count). The van der Waals surface area contributed by atoms with Gasteiger partial charge in [-0.3, -0.25) is 18.6 Å². The normalized spacial score (nSPS) is 44.9. The maximum atomic E-state index is 14.3. The molecule has 2 unspecified atom stereocenters. The van der Waals surface area contributed by atoms with Gasteiger partial charge in [0.25, 0.3) is 10.1 Å². The van der Waals surface area contributed by atoms with E-state index in [4.69, 9.17) is 20.6 Å². The van der Waals surface area contributed by atoms with Crippen LogP contribution in [0.1, 0.15) is 52.0 Å². The van der Waals surface area contributed by atoms with Gasteiger partial charge in [-0.15, -0.1) is 0 Å². The zero-order valence-electron chi connectivity index (χ0n) is 25.1. The quantitative estimate of drug-likeness (QED) is 0.458. The number of halogens is 1. The average Bonchev–Trinajstić information content (AvgIpc) is 3.37.